The molecule has 2 heterocycles. The predicted octanol–water partition coefficient (Wildman–Crippen LogP) is 4.43. The number of benzene rings is 2. The molecule has 0 saturated carbocycles. The number of aliphatic imine (C=N–C) groups is 1. The Morgan fingerprint density at radius 3 is 2.92 bits per heavy atom. The Kier molecular flexibility index (Phi) is 4.55. The summed E-state index contributed by atoms with van der Waals surface area (Å²) in [7, 11) is 0. The van der Waals surface area contributed by atoms with E-state index in [1.165, 1.54) is 17.3 Å². The number of hydrogen-bond acceptors (Lipinski definition) is 4. The molecule has 0 aliphatic carbocycles. The maximum atomic E-state index is 13.1. The lowest BCUT2D eigenvalue weighted by molar-refractivity contribution is -0.113. The minimum Gasteiger partial charge on any atom is -0.493 e. The lowest BCUT2D eigenvalue weighted by Gasteiger charge is -2.17. The van der Waals surface area contributed by atoms with E-state index in [2.05, 4.69) is 11.1 Å². The maximum Gasteiger partial charge on any atom is 0.271 e. The van der Waals surface area contributed by atoms with E-state index in [9.17, 15) is 4.79 Å². The highest BCUT2D eigenvalue weighted by Gasteiger charge is 2.35. The van der Waals surface area contributed by atoms with Crippen molar-refractivity contribution < 1.29 is 9.53 Å². The second kappa shape index (κ2) is 7.00. The SMILES string of the molecule is CC/N=C1\S/C(=C\c2ccc3c(c2)CCO3)C(=O)N1c1ccccc1C. The number of fused-ring (bicyclic) bond motifs is 1. The fraction of sp³-hybridized carbons (Fsp3) is 0.238. The molecule has 4 rings (SSSR count). The number of amidine groups is 1. The minimum atomic E-state index is -0.0201. The first-order valence-electron chi connectivity index (χ1n) is 8.77. The Hall–Kier alpha value is -2.53. The van der Waals surface area contributed by atoms with Crippen LogP contribution in [0.4, 0.5) is 5.69 Å². The summed E-state index contributed by atoms with van der Waals surface area (Å²) in [6, 6.07) is 14.0. The van der Waals surface area contributed by atoms with Crippen molar-refractivity contribution in [2.45, 2.75) is 20.3 Å². The van der Waals surface area contributed by atoms with Gasteiger partial charge in [-0.05, 0) is 66.6 Å². The number of ether oxygens (including phenoxy) is 1. The highest BCUT2D eigenvalue weighted by molar-refractivity contribution is 8.19. The fourth-order valence-electron chi connectivity index (χ4n) is 3.19. The number of para-hydroxylation sites is 1. The van der Waals surface area contributed by atoms with Crippen molar-refractivity contribution in [3.8, 4) is 5.75 Å². The van der Waals surface area contributed by atoms with Crippen molar-refractivity contribution in [1.82, 2.24) is 0 Å². The van der Waals surface area contributed by atoms with Gasteiger partial charge in [-0.2, -0.15) is 0 Å². The predicted molar refractivity (Wildman–Crippen MR) is 108 cm³/mol. The first-order valence-corrected chi connectivity index (χ1v) is 9.59. The molecule has 5 heteroatoms. The van der Waals surface area contributed by atoms with E-state index in [4.69, 9.17) is 4.74 Å². The van der Waals surface area contributed by atoms with Crippen LogP contribution in [-0.4, -0.2) is 24.2 Å². The van der Waals surface area contributed by atoms with Crippen LogP contribution in [0.25, 0.3) is 6.08 Å². The van der Waals surface area contributed by atoms with E-state index in [0.29, 0.717) is 11.4 Å². The van der Waals surface area contributed by atoms with Gasteiger partial charge < -0.3 is 4.74 Å². The molecule has 1 amide bonds. The highest BCUT2D eigenvalue weighted by atomic mass is 32.2. The molecule has 2 aliphatic heterocycles. The first kappa shape index (κ1) is 16.9. The van der Waals surface area contributed by atoms with Gasteiger partial charge in [0.25, 0.3) is 5.91 Å². The highest BCUT2D eigenvalue weighted by Crippen LogP contribution is 2.37. The van der Waals surface area contributed by atoms with E-state index < -0.39 is 0 Å². The average molecular weight is 364 g/mol. The third kappa shape index (κ3) is 3.03. The number of carbonyl (C=O) groups excluding carboxylic acids is 1. The molecule has 132 valence electrons. The summed E-state index contributed by atoms with van der Waals surface area (Å²) >= 11 is 1.44. The van der Waals surface area contributed by atoms with Gasteiger partial charge in [0, 0.05) is 13.0 Å². The number of nitrogens with zero attached hydrogens (tertiary/aromatic N) is 2. The molecule has 4 nitrogen and oxygen atoms in total. The molecule has 2 aliphatic rings. The Bertz CT molecular complexity index is 933. The van der Waals surface area contributed by atoms with E-state index in [-0.39, 0.29) is 5.91 Å². The number of aryl methyl sites for hydroxylation is 1. The zero-order valence-corrected chi connectivity index (χ0v) is 15.7. The van der Waals surface area contributed by atoms with Crippen molar-refractivity contribution in [2.75, 3.05) is 18.1 Å². The van der Waals surface area contributed by atoms with E-state index in [1.54, 1.807) is 4.90 Å². The van der Waals surface area contributed by atoms with E-state index in [0.717, 1.165) is 40.8 Å². The molecule has 2 aromatic carbocycles. The van der Waals surface area contributed by atoms with E-state index >= 15 is 0 Å². The van der Waals surface area contributed by atoms with Crippen LogP contribution in [0.2, 0.25) is 0 Å². The van der Waals surface area contributed by atoms with Crippen molar-refractivity contribution in [3.05, 3.63) is 64.1 Å². The fourth-order valence-corrected chi connectivity index (χ4v) is 4.23. The molecular formula is C21H20N2O2S. The number of anilines is 1. The van der Waals surface area contributed by atoms with Gasteiger partial charge in [0.05, 0.1) is 17.2 Å². The molecule has 2 aromatic rings. The van der Waals surface area contributed by atoms with Crippen molar-refractivity contribution >= 4 is 34.6 Å². The third-order valence-corrected chi connectivity index (χ3v) is 5.47. The molecule has 0 unspecified atom stereocenters. The lowest BCUT2D eigenvalue weighted by atomic mass is 10.1. The van der Waals surface area contributed by atoms with Crippen molar-refractivity contribution in [2.24, 2.45) is 4.99 Å². The number of carbonyl (C=O) groups is 1. The molecular weight excluding hydrogens is 344 g/mol. The number of thioether (sulfide) groups is 1. The van der Waals surface area contributed by atoms with Crippen molar-refractivity contribution in [3.63, 3.8) is 0 Å². The van der Waals surface area contributed by atoms with Crippen LogP contribution < -0.4 is 9.64 Å². The van der Waals surface area contributed by atoms with Crippen LogP contribution in [-0.2, 0) is 11.2 Å². The van der Waals surface area contributed by atoms with Gasteiger partial charge in [-0.25, -0.2) is 0 Å². The second-order valence-corrected chi connectivity index (χ2v) is 7.27. The Balaban J connectivity index is 1.71. The summed E-state index contributed by atoms with van der Waals surface area (Å²) in [5, 5.41) is 0.738. The van der Waals surface area contributed by atoms with Gasteiger partial charge in [0.15, 0.2) is 5.17 Å². The van der Waals surface area contributed by atoms with Crippen LogP contribution in [0.5, 0.6) is 5.75 Å². The van der Waals surface area contributed by atoms with E-state index in [1.807, 2.05) is 56.3 Å². The largest absolute Gasteiger partial charge is 0.493 e. The van der Waals surface area contributed by atoms with Crippen molar-refractivity contribution in [1.29, 1.82) is 0 Å². The number of hydrogen-bond donors (Lipinski definition) is 0. The molecule has 0 N–H and O–H groups in total. The van der Waals surface area contributed by atoms with Gasteiger partial charge in [0.2, 0.25) is 0 Å². The monoisotopic (exact) mass is 364 g/mol. The van der Waals surface area contributed by atoms with Crippen LogP contribution in [0.1, 0.15) is 23.6 Å². The van der Waals surface area contributed by atoms with Crippen LogP contribution in [0.15, 0.2) is 52.4 Å². The molecule has 0 atom stereocenters. The summed E-state index contributed by atoms with van der Waals surface area (Å²) in [6.45, 7) is 5.37. The summed E-state index contributed by atoms with van der Waals surface area (Å²) in [5.41, 5.74) is 4.17. The Morgan fingerprint density at radius 2 is 2.12 bits per heavy atom. The summed E-state index contributed by atoms with van der Waals surface area (Å²) < 4.78 is 5.56. The maximum absolute atomic E-state index is 13.1. The molecule has 0 spiro atoms. The smallest absolute Gasteiger partial charge is 0.271 e. The van der Waals surface area contributed by atoms with Gasteiger partial charge in [0.1, 0.15) is 5.75 Å². The quantitative estimate of drug-likeness (QED) is 0.757. The Morgan fingerprint density at radius 1 is 1.27 bits per heavy atom. The van der Waals surface area contributed by atoms with Gasteiger partial charge >= 0.3 is 0 Å². The molecule has 0 aromatic heterocycles. The first-order chi connectivity index (χ1) is 12.7. The minimum absolute atomic E-state index is 0.0201. The Labute approximate surface area is 157 Å². The number of rotatable bonds is 3. The zero-order chi connectivity index (χ0) is 18.1. The molecule has 0 bridgehead atoms. The lowest BCUT2D eigenvalue weighted by Crippen LogP contribution is -2.29. The normalized spacial score (nSPS) is 19.3. The third-order valence-electron chi connectivity index (χ3n) is 4.47. The standard InChI is InChI=1S/C21H20N2O2S/c1-3-22-21-23(17-7-5-4-6-14(17)2)20(24)19(26-21)13-15-8-9-18-16(12-15)10-11-25-18/h4-9,12-13H,3,10-11H2,1-2H3/b19-13-,22-21-. The topological polar surface area (TPSA) is 41.9 Å². The average Bonchev–Trinajstić information content (AvgIpc) is 3.21. The summed E-state index contributed by atoms with van der Waals surface area (Å²) in [6.07, 6.45) is 2.88. The van der Waals surface area contributed by atoms with Gasteiger partial charge in [-0.1, -0.05) is 24.3 Å². The van der Waals surface area contributed by atoms with Crippen LogP contribution >= 0.6 is 11.8 Å². The molecule has 1 saturated heterocycles. The molecule has 0 radical (unpaired) electrons. The van der Waals surface area contributed by atoms with Gasteiger partial charge in [-0.15, -0.1) is 0 Å². The van der Waals surface area contributed by atoms with Gasteiger partial charge in [-0.3, -0.25) is 14.7 Å². The second-order valence-electron chi connectivity index (χ2n) is 6.26. The summed E-state index contributed by atoms with van der Waals surface area (Å²) in [4.78, 5) is 20.1. The molecule has 26 heavy (non-hydrogen) atoms. The molecule has 1 fully saturated rings. The van der Waals surface area contributed by atoms with Crippen LogP contribution in [0.3, 0.4) is 0 Å². The zero-order valence-electron chi connectivity index (χ0n) is 14.9. The van der Waals surface area contributed by atoms with Crippen LogP contribution in [0, 0.1) is 6.92 Å². The summed E-state index contributed by atoms with van der Waals surface area (Å²) in [5.74, 6) is 0.931. The number of amides is 1.